The van der Waals surface area contributed by atoms with Crippen LogP contribution in [0, 0.1) is 5.41 Å². The van der Waals surface area contributed by atoms with Crippen molar-refractivity contribution in [3.8, 4) is 17.1 Å². The molecule has 6 heteroatoms. The molecular weight excluding hydrogens is 400 g/mol. The van der Waals surface area contributed by atoms with Gasteiger partial charge in [0.15, 0.2) is 5.82 Å². The second kappa shape index (κ2) is 8.91. The molecule has 1 N–H and O–H groups in total. The first kappa shape index (κ1) is 21.7. The third-order valence-electron chi connectivity index (χ3n) is 5.83. The zero-order valence-corrected chi connectivity index (χ0v) is 18.8. The molecule has 0 spiro atoms. The Hall–Kier alpha value is -3.54. The minimum Gasteiger partial charge on any atom is -0.496 e. The van der Waals surface area contributed by atoms with E-state index in [2.05, 4.69) is 35.7 Å². The highest BCUT2D eigenvalue weighted by atomic mass is 16.5. The number of fused-ring (bicyclic) bond motifs is 1. The maximum Gasteiger partial charge on any atom is 0.251 e. The van der Waals surface area contributed by atoms with Gasteiger partial charge in [-0.25, -0.2) is 9.97 Å². The molecule has 3 aromatic rings. The van der Waals surface area contributed by atoms with Crippen LogP contribution < -0.4 is 10.1 Å². The van der Waals surface area contributed by atoms with Crippen LogP contribution in [0.2, 0.25) is 0 Å². The van der Waals surface area contributed by atoms with Crippen LogP contribution in [0.25, 0.3) is 11.4 Å². The summed E-state index contributed by atoms with van der Waals surface area (Å²) in [5.41, 5.74) is 4.43. The summed E-state index contributed by atoms with van der Waals surface area (Å²) in [7, 11) is 1.63. The van der Waals surface area contributed by atoms with E-state index in [1.807, 2.05) is 30.5 Å². The molecule has 0 radical (unpaired) electrons. The summed E-state index contributed by atoms with van der Waals surface area (Å²) < 4.78 is 5.40. The van der Waals surface area contributed by atoms with Gasteiger partial charge in [-0.3, -0.25) is 9.78 Å². The molecular formula is C26H28N4O2. The summed E-state index contributed by atoms with van der Waals surface area (Å²) >= 11 is 0. The number of aromatic nitrogens is 3. The molecule has 164 valence electrons. The van der Waals surface area contributed by atoms with Crippen molar-refractivity contribution in [3.63, 3.8) is 0 Å². The van der Waals surface area contributed by atoms with Crippen molar-refractivity contribution in [2.24, 2.45) is 5.41 Å². The Bertz CT molecular complexity index is 1140. The number of methoxy groups -OCH3 is 1. The third kappa shape index (κ3) is 4.54. The zero-order chi connectivity index (χ0) is 22.7. The molecule has 1 aliphatic rings. The summed E-state index contributed by atoms with van der Waals surface area (Å²) in [4.78, 5) is 26.7. The fourth-order valence-corrected chi connectivity index (χ4v) is 4.29. The van der Waals surface area contributed by atoms with E-state index in [9.17, 15) is 4.79 Å². The van der Waals surface area contributed by atoms with Gasteiger partial charge in [0.1, 0.15) is 5.75 Å². The topological polar surface area (TPSA) is 77.0 Å². The smallest absolute Gasteiger partial charge is 0.251 e. The SMILES string of the molecule is C=CCc1cc(C(=O)N[C@@H]2CC(C)(C)Cc3nc(-c4ccncc4)ncc32)ccc1OC. The molecule has 0 aliphatic heterocycles. The van der Waals surface area contributed by atoms with Crippen LogP contribution in [0.15, 0.2) is 61.6 Å². The number of ether oxygens (including phenoxy) is 1. The Morgan fingerprint density at radius 2 is 2.06 bits per heavy atom. The fraction of sp³-hybridized carbons (Fsp3) is 0.308. The van der Waals surface area contributed by atoms with Gasteiger partial charge in [-0.2, -0.15) is 0 Å². The lowest BCUT2D eigenvalue weighted by atomic mass is 9.74. The number of hydrogen-bond donors (Lipinski definition) is 1. The summed E-state index contributed by atoms with van der Waals surface area (Å²) in [6.45, 7) is 8.21. The van der Waals surface area contributed by atoms with E-state index in [0.717, 1.165) is 41.0 Å². The molecule has 1 aromatic carbocycles. The first-order chi connectivity index (χ1) is 15.4. The number of benzene rings is 1. The summed E-state index contributed by atoms with van der Waals surface area (Å²) in [5, 5.41) is 3.22. The normalized spacial score (nSPS) is 16.7. The van der Waals surface area contributed by atoms with Crippen molar-refractivity contribution in [2.45, 2.75) is 39.2 Å². The number of amides is 1. The highest BCUT2D eigenvalue weighted by molar-refractivity contribution is 5.95. The van der Waals surface area contributed by atoms with E-state index in [4.69, 9.17) is 9.72 Å². The van der Waals surface area contributed by atoms with Gasteiger partial charge in [-0.05, 0) is 60.6 Å². The van der Waals surface area contributed by atoms with Crippen LogP contribution in [0.5, 0.6) is 5.75 Å². The quantitative estimate of drug-likeness (QED) is 0.575. The van der Waals surface area contributed by atoms with Gasteiger partial charge in [0, 0.05) is 35.3 Å². The molecule has 1 atom stereocenters. The summed E-state index contributed by atoms with van der Waals surface area (Å²) in [6, 6.07) is 9.14. The first-order valence-electron chi connectivity index (χ1n) is 10.7. The number of pyridine rings is 1. The average Bonchev–Trinajstić information content (AvgIpc) is 2.78. The molecule has 2 heterocycles. The van der Waals surface area contributed by atoms with Crippen LogP contribution in [0.1, 0.15) is 53.5 Å². The highest BCUT2D eigenvalue weighted by Crippen LogP contribution is 2.40. The number of hydrogen-bond acceptors (Lipinski definition) is 5. The number of allylic oxidation sites excluding steroid dienone is 1. The van der Waals surface area contributed by atoms with Gasteiger partial charge in [0.05, 0.1) is 18.8 Å². The monoisotopic (exact) mass is 428 g/mol. The first-order valence-corrected chi connectivity index (χ1v) is 10.7. The Morgan fingerprint density at radius 1 is 1.28 bits per heavy atom. The molecule has 0 bridgehead atoms. The van der Waals surface area contributed by atoms with Gasteiger partial charge in [-0.15, -0.1) is 6.58 Å². The number of rotatable bonds is 6. The molecule has 0 unspecified atom stereocenters. The molecule has 1 aliphatic carbocycles. The minimum atomic E-state index is -0.155. The maximum absolute atomic E-state index is 13.2. The van der Waals surface area contributed by atoms with E-state index in [0.29, 0.717) is 17.8 Å². The minimum absolute atomic E-state index is 0.00270. The Morgan fingerprint density at radius 3 is 2.78 bits per heavy atom. The van der Waals surface area contributed by atoms with E-state index in [-0.39, 0.29) is 17.4 Å². The van der Waals surface area contributed by atoms with Crippen LogP contribution in [0.4, 0.5) is 0 Å². The molecule has 0 saturated carbocycles. The predicted molar refractivity (Wildman–Crippen MR) is 124 cm³/mol. The lowest BCUT2D eigenvalue weighted by molar-refractivity contribution is 0.0919. The standard InChI is InChI=1S/C26H28N4O2/c1-5-6-18-13-19(7-8-23(18)32-4)25(31)30-22-15-26(2,3)14-21-20(22)16-28-24(29-21)17-9-11-27-12-10-17/h5,7-13,16,22H,1,6,14-15H2,2-4H3,(H,30,31)/t22-/m1/s1. The summed E-state index contributed by atoms with van der Waals surface area (Å²) in [6.07, 6.45) is 9.42. The van der Waals surface area contributed by atoms with E-state index >= 15 is 0 Å². The molecule has 0 saturated heterocycles. The van der Waals surface area contributed by atoms with Gasteiger partial charge < -0.3 is 10.1 Å². The third-order valence-corrected chi connectivity index (χ3v) is 5.83. The molecule has 1 amide bonds. The molecule has 0 fully saturated rings. The van der Waals surface area contributed by atoms with Crippen molar-refractivity contribution < 1.29 is 9.53 Å². The average molecular weight is 429 g/mol. The molecule has 32 heavy (non-hydrogen) atoms. The van der Waals surface area contributed by atoms with Crippen LogP contribution in [-0.2, 0) is 12.8 Å². The van der Waals surface area contributed by atoms with Crippen LogP contribution in [0.3, 0.4) is 0 Å². The van der Waals surface area contributed by atoms with Gasteiger partial charge in [0.2, 0.25) is 0 Å². The highest BCUT2D eigenvalue weighted by Gasteiger charge is 2.34. The number of carbonyl (C=O) groups is 1. The fourth-order valence-electron chi connectivity index (χ4n) is 4.29. The second-order valence-electron chi connectivity index (χ2n) is 8.92. The van der Waals surface area contributed by atoms with Gasteiger partial charge >= 0.3 is 0 Å². The summed E-state index contributed by atoms with van der Waals surface area (Å²) in [5.74, 6) is 1.31. The van der Waals surface area contributed by atoms with Crippen molar-refractivity contribution in [3.05, 3.63) is 84.0 Å². The molecule has 4 rings (SSSR count). The van der Waals surface area contributed by atoms with Crippen molar-refractivity contribution in [1.82, 2.24) is 20.3 Å². The Kier molecular flexibility index (Phi) is 6.04. The van der Waals surface area contributed by atoms with E-state index in [1.54, 1.807) is 31.6 Å². The van der Waals surface area contributed by atoms with Gasteiger partial charge in [0.25, 0.3) is 5.91 Å². The van der Waals surface area contributed by atoms with E-state index in [1.165, 1.54) is 0 Å². The van der Waals surface area contributed by atoms with E-state index < -0.39 is 0 Å². The maximum atomic E-state index is 13.2. The molecule has 2 aromatic heterocycles. The van der Waals surface area contributed by atoms with Crippen LogP contribution in [-0.4, -0.2) is 28.0 Å². The van der Waals surface area contributed by atoms with Crippen molar-refractivity contribution >= 4 is 5.91 Å². The largest absolute Gasteiger partial charge is 0.496 e. The Labute approximate surface area is 188 Å². The second-order valence-corrected chi connectivity index (χ2v) is 8.92. The zero-order valence-electron chi connectivity index (χ0n) is 18.8. The Balaban J connectivity index is 1.63. The molecule has 6 nitrogen and oxygen atoms in total. The lowest BCUT2D eigenvalue weighted by Gasteiger charge is -2.36. The van der Waals surface area contributed by atoms with Crippen LogP contribution >= 0.6 is 0 Å². The van der Waals surface area contributed by atoms with Crippen molar-refractivity contribution in [1.29, 1.82) is 0 Å². The number of nitrogens with one attached hydrogen (secondary N) is 1. The van der Waals surface area contributed by atoms with Gasteiger partial charge in [-0.1, -0.05) is 19.9 Å². The predicted octanol–water partition coefficient (Wildman–Crippen LogP) is 4.72. The number of carbonyl (C=O) groups excluding carboxylic acids is 1. The lowest BCUT2D eigenvalue weighted by Crippen LogP contribution is -2.37. The number of nitrogens with zero attached hydrogens (tertiary/aromatic N) is 3. The van der Waals surface area contributed by atoms with Crippen molar-refractivity contribution in [2.75, 3.05) is 7.11 Å².